The van der Waals surface area contributed by atoms with Crippen LogP contribution in [0.2, 0.25) is 0 Å². The lowest BCUT2D eigenvalue weighted by Crippen LogP contribution is -2.32. The third-order valence-electron chi connectivity index (χ3n) is 1.54. The van der Waals surface area contributed by atoms with Crippen molar-refractivity contribution in [1.29, 1.82) is 0 Å². The molecule has 2 nitrogen and oxygen atoms in total. The fourth-order valence-electron chi connectivity index (χ4n) is 0.701. The van der Waals surface area contributed by atoms with Crippen molar-refractivity contribution in [3.63, 3.8) is 0 Å². The summed E-state index contributed by atoms with van der Waals surface area (Å²) in [4.78, 5) is 11.0. The van der Waals surface area contributed by atoms with Crippen molar-refractivity contribution in [2.45, 2.75) is 39.5 Å². The van der Waals surface area contributed by atoms with E-state index >= 15 is 0 Å². The Bertz CT molecular complexity index is 149. The van der Waals surface area contributed by atoms with E-state index in [2.05, 4.69) is 26.1 Å². The van der Waals surface area contributed by atoms with Crippen LogP contribution < -0.4 is 5.32 Å². The maximum absolute atomic E-state index is 11.0. The SMILES string of the molecule is CC(Cl)C(=O)NCCC(C)(C)C. The molecule has 0 saturated heterocycles. The lowest BCUT2D eigenvalue weighted by Gasteiger charge is -2.18. The van der Waals surface area contributed by atoms with Gasteiger partial charge in [-0.3, -0.25) is 4.79 Å². The van der Waals surface area contributed by atoms with Crippen LogP contribution >= 0.6 is 11.6 Å². The van der Waals surface area contributed by atoms with Crippen molar-refractivity contribution in [3.8, 4) is 0 Å². The number of rotatable bonds is 3. The second-order valence-electron chi connectivity index (χ2n) is 4.22. The van der Waals surface area contributed by atoms with Crippen LogP contribution in [0.5, 0.6) is 0 Å². The molecular weight excluding hydrogens is 174 g/mol. The second kappa shape index (κ2) is 4.70. The minimum atomic E-state index is -0.426. The average molecular weight is 192 g/mol. The Morgan fingerprint density at radius 3 is 2.33 bits per heavy atom. The number of hydrogen-bond acceptors (Lipinski definition) is 1. The van der Waals surface area contributed by atoms with E-state index < -0.39 is 5.38 Å². The van der Waals surface area contributed by atoms with Gasteiger partial charge in [0.15, 0.2) is 0 Å². The number of alkyl halides is 1. The van der Waals surface area contributed by atoms with E-state index in [1.54, 1.807) is 6.92 Å². The maximum Gasteiger partial charge on any atom is 0.237 e. The zero-order chi connectivity index (χ0) is 9.78. The summed E-state index contributed by atoms with van der Waals surface area (Å²) in [6.45, 7) is 8.81. The van der Waals surface area contributed by atoms with E-state index in [1.807, 2.05) is 0 Å². The van der Waals surface area contributed by atoms with Crippen LogP contribution in [-0.2, 0) is 4.79 Å². The molecular formula is C9H18ClNO. The Morgan fingerprint density at radius 2 is 2.00 bits per heavy atom. The van der Waals surface area contributed by atoms with E-state index in [0.717, 1.165) is 6.42 Å². The average Bonchev–Trinajstić information content (AvgIpc) is 1.84. The van der Waals surface area contributed by atoms with E-state index in [0.29, 0.717) is 6.54 Å². The molecule has 1 unspecified atom stereocenters. The first-order valence-corrected chi connectivity index (χ1v) is 4.68. The zero-order valence-corrected chi connectivity index (χ0v) is 9.03. The molecule has 1 atom stereocenters. The van der Waals surface area contributed by atoms with Gasteiger partial charge in [-0.15, -0.1) is 11.6 Å². The molecule has 12 heavy (non-hydrogen) atoms. The molecule has 72 valence electrons. The van der Waals surface area contributed by atoms with Crippen LogP contribution in [0.3, 0.4) is 0 Å². The van der Waals surface area contributed by atoms with Crippen molar-refractivity contribution in [3.05, 3.63) is 0 Å². The molecule has 0 heterocycles. The highest BCUT2D eigenvalue weighted by molar-refractivity contribution is 6.30. The summed E-state index contributed by atoms with van der Waals surface area (Å²) in [5.41, 5.74) is 0.267. The van der Waals surface area contributed by atoms with Crippen LogP contribution in [0, 0.1) is 5.41 Å². The summed E-state index contributed by atoms with van der Waals surface area (Å²) in [6, 6.07) is 0. The zero-order valence-electron chi connectivity index (χ0n) is 8.28. The smallest absolute Gasteiger partial charge is 0.237 e. The molecule has 0 saturated carbocycles. The largest absolute Gasteiger partial charge is 0.355 e. The summed E-state index contributed by atoms with van der Waals surface area (Å²) in [7, 11) is 0. The Morgan fingerprint density at radius 1 is 1.50 bits per heavy atom. The quantitative estimate of drug-likeness (QED) is 0.681. The molecule has 0 aliphatic carbocycles. The molecule has 0 aliphatic rings. The molecule has 0 bridgehead atoms. The monoisotopic (exact) mass is 191 g/mol. The van der Waals surface area contributed by atoms with Gasteiger partial charge in [0.25, 0.3) is 0 Å². The maximum atomic E-state index is 11.0. The Kier molecular flexibility index (Phi) is 4.61. The molecule has 0 fully saturated rings. The third kappa shape index (κ3) is 6.47. The number of nitrogens with one attached hydrogen (secondary N) is 1. The predicted molar refractivity (Wildman–Crippen MR) is 52.4 cm³/mol. The van der Waals surface area contributed by atoms with Crippen LogP contribution in [0.25, 0.3) is 0 Å². The molecule has 0 rings (SSSR count). The van der Waals surface area contributed by atoms with Gasteiger partial charge in [0.1, 0.15) is 5.38 Å². The highest BCUT2D eigenvalue weighted by Gasteiger charge is 2.12. The summed E-state index contributed by atoms with van der Waals surface area (Å²) in [6.07, 6.45) is 0.975. The number of carbonyl (C=O) groups is 1. The van der Waals surface area contributed by atoms with E-state index in [1.165, 1.54) is 0 Å². The van der Waals surface area contributed by atoms with Gasteiger partial charge in [0.2, 0.25) is 5.91 Å². The number of hydrogen-bond donors (Lipinski definition) is 1. The van der Waals surface area contributed by atoms with Crippen LogP contribution in [0.15, 0.2) is 0 Å². The molecule has 0 aliphatic heterocycles. The highest BCUT2D eigenvalue weighted by Crippen LogP contribution is 2.16. The number of halogens is 1. The molecule has 0 aromatic rings. The summed E-state index contributed by atoms with van der Waals surface area (Å²) < 4.78 is 0. The normalized spacial score (nSPS) is 14.1. The Labute approximate surface area is 79.7 Å². The fourth-order valence-corrected chi connectivity index (χ4v) is 0.778. The van der Waals surface area contributed by atoms with Gasteiger partial charge in [0.05, 0.1) is 0 Å². The minimum Gasteiger partial charge on any atom is -0.355 e. The van der Waals surface area contributed by atoms with Gasteiger partial charge >= 0.3 is 0 Å². The van der Waals surface area contributed by atoms with Crippen molar-refractivity contribution < 1.29 is 4.79 Å². The van der Waals surface area contributed by atoms with E-state index in [-0.39, 0.29) is 11.3 Å². The number of amides is 1. The van der Waals surface area contributed by atoms with Crippen molar-refractivity contribution in [2.75, 3.05) is 6.54 Å². The lowest BCUT2D eigenvalue weighted by atomic mass is 9.92. The van der Waals surface area contributed by atoms with Gasteiger partial charge in [-0.05, 0) is 18.8 Å². The van der Waals surface area contributed by atoms with Gasteiger partial charge < -0.3 is 5.32 Å². The first-order chi connectivity index (χ1) is 5.33. The van der Waals surface area contributed by atoms with E-state index in [9.17, 15) is 4.79 Å². The fraction of sp³-hybridized carbons (Fsp3) is 0.889. The number of carbonyl (C=O) groups excluding carboxylic acids is 1. The van der Waals surface area contributed by atoms with Gasteiger partial charge in [0, 0.05) is 6.54 Å². The first kappa shape index (κ1) is 11.8. The molecule has 0 aromatic carbocycles. The summed E-state index contributed by atoms with van der Waals surface area (Å²) in [5.74, 6) is -0.0825. The van der Waals surface area contributed by atoms with Crippen molar-refractivity contribution in [1.82, 2.24) is 5.32 Å². The second-order valence-corrected chi connectivity index (χ2v) is 4.87. The highest BCUT2D eigenvalue weighted by atomic mass is 35.5. The first-order valence-electron chi connectivity index (χ1n) is 4.25. The topological polar surface area (TPSA) is 29.1 Å². The molecule has 0 spiro atoms. The Balaban J connectivity index is 3.51. The van der Waals surface area contributed by atoms with Gasteiger partial charge in [-0.1, -0.05) is 20.8 Å². The van der Waals surface area contributed by atoms with Gasteiger partial charge in [-0.25, -0.2) is 0 Å². The summed E-state index contributed by atoms with van der Waals surface area (Å²) >= 11 is 5.57. The predicted octanol–water partition coefficient (Wildman–Crippen LogP) is 2.17. The molecule has 0 radical (unpaired) electrons. The van der Waals surface area contributed by atoms with Gasteiger partial charge in [-0.2, -0.15) is 0 Å². The van der Waals surface area contributed by atoms with Crippen molar-refractivity contribution in [2.24, 2.45) is 5.41 Å². The molecule has 0 aromatic heterocycles. The third-order valence-corrected chi connectivity index (χ3v) is 1.73. The van der Waals surface area contributed by atoms with Crippen LogP contribution in [0.4, 0.5) is 0 Å². The van der Waals surface area contributed by atoms with E-state index in [4.69, 9.17) is 11.6 Å². The van der Waals surface area contributed by atoms with Crippen LogP contribution in [0.1, 0.15) is 34.1 Å². The standard InChI is InChI=1S/C9H18ClNO/c1-7(10)8(12)11-6-5-9(2,3)4/h7H,5-6H2,1-4H3,(H,11,12). The van der Waals surface area contributed by atoms with Crippen LogP contribution in [-0.4, -0.2) is 17.8 Å². The molecule has 3 heteroatoms. The molecule has 1 N–H and O–H groups in total. The lowest BCUT2D eigenvalue weighted by molar-refractivity contribution is -0.120. The van der Waals surface area contributed by atoms with Crippen molar-refractivity contribution >= 4 is 17.5 Å². The Hall–Kier alpha value is -0.240. The summed E-state index contributed by atoms with van der Waals surface area (Å²) in [5, 5.41) is 2.34. The minimum absolute atomic E-state index is 0.0825. The molecule has 1 amide bonds.